The highest BCUT2D eigenvalue weighted by molar-refractivity contribution is 6.34. The zero-order valence-electron chi connectivity index (χ0n) is 9.12. The molecule has 2 aromatic rings. The number of hydrogen-bond donors (Lipinski definition) is 1. The number of aromatic nitrogens is 3. The standard InChI is InChI=1S/C10H7Cl3N4O/c1-18-5-2-3-6(11)7(4-5)14-9-8(12)16-17-10(13)15-9/h2-4H,1H3,(H,14,15,17). The van der Waals surface area contributed by atoms with Gasteiger partial charge in [0.2, 0.25) is 5.28 Å². The van der Waals surface area contributed by atoms with Gasteiger partial charge in [0.25, 0.3) is 0 Å². The van der Waals surface area contributed by atoms with E-state index in [1.165, 1.54) is 0 Å². The Balaban J connectivity index is 2.36. The Kier molecular flexibility index (Phi) is 4.06. The van der Waals surface area contributed by atoms with Crippen LogP contribution in [0.2, 0.25) is 15.5 Å². The van der Waals surface area contributed by atoms with E-state index in [1.807, 2.05) is 0 Å². The van der Waals surface area contributed by atoms with Crippen LogP contribution in [0.15, 0.2) is 18.2 Å². The summed E-state index contributed by atoms with van der Waals surface area (Å²) in [6.07, 6.45) is 0. The maximum atomic E-state index is 6.04. The summed E-state index contributed by atoms with van der Waals surface area (Å²) in [7, 11) is 1.56. The number of anilines is 2. The average Bonchev–Trinajstić information content (AvgIpc) is 2.36. The van der Waals surface area contributed by atoms with Gasteiger partial charge in [-0.1, -0.05) is 23.2 Å². The van der Waals surface area contributed by atoms with E-state index in [-0.39, 0.29) is 16.3 Å². The SMILES string of the molecule is COc1ccc(Cl)c(Nc2nc(Cl)nnc2Cl)c1. The van der Waals surface area contributed by atoms with Crippen LogP contribution in [-0.4, -0.2) is 22.3 Å². The summed E-state index contributed by atoms with van der Waals surface area (Å²) in [6.45, 7) is 0. The molecule has 0 aliphatic carbocycles. The molecule has 5 nitrogen and oxygen atoms in total. The number of rotatable bonds is 3. The topological polar surface area (TPSA) is 59.9 Å². The van der Waals surface area contributed by atoms with Crippen molar-refractivity contribution >= 4 is 46.3 Å². The molecule has 1 aromatic carbocycles. The van der Waals surface area contributed by atoms with Crippen LogP contribution in [0.5, 0.6) is 5.75 Å². The summed E-state index contributed by atoms with van der Waals surface area (Å²) >= 11 is 17.5. The third kappa shape index (κ3) is 2.93. The van der Waals surface area contributed by atoms with Gasteiger partial charge >= 0.3 is 0 Å². The zero-order valence-corrected chi connectivity index (χ0v) is 11.4. The summed E-state index contributed by atoms with van der Waals surface area (Å²) in [4.78, 5) is 3.91. The van der Waals surface area contributed by atoms with E-state index in [1.54, 1.807) is 25.3 Å². The van der Waals surface area contributed by atoms with Gasteiger partial charge in [0, 0.05) is 6.07 Å². The minimum Gasteiger partial charge on any atom is -0.497 e. The molecule has 94 valence electrons. The van der Waals surface area contributed by atoms with E-state index < -0.39 is 0 Å². The summed E-state index contributed by atoms with van der Waals surface area (Å²) in [6, 6.07) is 5.13. The molecule has 0 spiro atoms. The van der Waals surface area contributed by atoms with Crippen LogP contribution in [0.4, 0.5) is 11.5 Å². The third-order valence-electron chi connectivity index (χ3n) is 2.05. The Bertz CT molecular complexity index is 579. The summed E-state index contributed by atoms with van der Waals surface area (Å²) in [5.41, 5.74) is 0.578. The number of halogens is 3. The Labute approximate surface area is 118 Å². The molecule has 1 N–H and O–H groups in total. The van der Waals surface area contributed by atoms with Crippen LogP contribution in [-0.2, 0) is 0 Å². The van der Waals surface area contributed by atoms with Crippen molar-refractivity contribution in [3.63, 3.8) is 0 Å². The van der Waals surface area contributed by atoms with E-state index in [2.05, 4.69) is 20.5 Å². The van der Waals surface area contributed by atoms with E-state index in [9.17, 15) is 0 Å². The van der Waals surface area contributed by atoms with E-state index >= 15 is 0 Å². The van der Waals surface area contributed by atoms with E-state index in [0.717, 1.165) is 0 Å². The van der Waals surface area contributed by atoms with Gasteiger partial charge in [0.15, 0.2) is 11.0 Å². The molecule has 1 heterocycles. The first-order chi connectivity index (χ1) is 8.60. The van der Waals surface area contributed by atoms with Crippen molar-refractivity contribution in [2.45, 2.75) is 0 Å². The first-order valence-electron chi connectivity index (χ1n) is 4.76. The van der Waals surface area contributed by atoms with Gasteiger partial charge in [0.1, 0.15) is 5.75 Å². The fourth-order valence-corrected chi connectivity index (χ4v) is 1.64. The number of hydrogen-bond acceptors (Lipinski definition) is 5. The lowest BCUT2D eigenvalue weighted by Gasteiger charge is -2.09. The quantitative estimate of drug-likeness (QED) is 0.939. The number of methoxy groups -OCH3 is 1. The van der Waals surface area contributed by atoms with Crippen molar-refractivity contribution in [1.29, 1.82) is 0 Å². The fourth-order valence-electron chi connectivity index (χ4n) is 1.23. The van der Waals surface area contributed by atoms with E-state index in [4.69, 9.17) is 39.5 Å². The van der Waals surface area contributed by atoms with Crippen LogP contribution < -0.4 is 10.1 Å². The Morgan fingerprint density at radius 3 is 2.67 bits per heavy atom. The second-order valence-electron chi connectivity index (χ2n) is 3.19. The predicted octanol–water partition coefficient (Wildman–Crippen LogP) is 3.58. The Morgan fingerprint density at radius 2 is 1.94 bits per heavy atom. The molecule has 0 bridgehead atoms. The van der Waals surface area contributed by atoms with Crippen molar-refractivity contribution < 1.29 is 4.74 Å². The molecular formula is C10H7Cl3N4O. The van der Waals surface area contributed by atoms with Gasteiger partial charge in [-0.3, -0.25) is 0 Å². The first kappa shape index (κ1) is 13.1. The fraction of sp³-hybridized carbons (Fsp3) is 0.100. The average molecular weight is 306 g/mol. The lowest BCUT2D eigenvalue weighted by atomic mass is 10.3. The molecule has 0 aliphatic heterocycles. The molecule has 0 saturated heterocycles. The van der Waals surface area contributed by atoms with Crippen LogP contribution >= 0.6 is 34.8 Å². The molecule has 2 rings (SSSR count). The Morgan fingerprint density at radius 1 is 1.17 bits per heavy atom. The lowest BCUT2D eigenvalue weighted by Crippen LogP contribution is -1.99. The Hall–Kier alpha value is -1.30. The molecule has 0 saturated carbocycles. The second-order valence-corrected chi connectivity index (χ2v) is 4.29. The van der Waals surface area contributed by atoms with Crippen LogP contribution in [0.1, 0.15) is 0 Å². The minimum absolute atomic E-state index is 0.0130. The molecule has 0 amide bonds. The van der Waals surface area contributed by atoms with Gasteiger partial charge in [-0.2, -0.15) is 4.98 Å². The number of nitrogens with one attached hydrogen (secondary N) is 1. The minimum atomic E-state index is -0.0130. The molecule has 0 aliphatic rings. The maximum absolute atomic E-state index is 6.04. The molecule has 0 atom stereocenters. The van der Waals surface area contributed by atoms with E-state index in [0.29, 0.717) is 16.5 Å². The smallest absolute Gasteiger partial charge is 0.245 e. The number of benzene rings is 1. The lowest BCUT2D eigenvalue weighted by molar-refractivity contribution is 0.415. The van der Waals surface area contributed by atoms with Gasteiger partial charge in [-0.05, 0) is 23.7 Å². The van der Waals surface area contributed by atoms with Gasteiger partial charge in [-0.15, -0.1) is 10.2 Å². The number of ether oxygens (including phenoxy) is 1. The highest BCUT2D eigenvalue weighted by atomic mass is 35.5. The van der Waals surface area contributed by atoms with Crippen molar-refractivity contribution in [3.8, 4) is 5.75 Å². The van der Waals surface area contributed by atoms with Crippen LogP contribution in [0, 0.1) is 0 Å². The molecule has 18 heavy (non-hydrogen) atoms. The van der Waals surface area contributed by atoms with Crippen LogP contribution in [0.25, 0.3) is 0 Å². The van der Waals surface area contributed by atoms with Crippen molar-refractivity contribution in [3.05, 3.63) is 33.7 Å². The summed E-state index contributed by atoms with van der Waals surface area (Å²) in [5, 5.41) is 10.6. The molecule has 1 aromatic heterocycles. The van der Waals surface area contributed by atoms with Gasteiger partial charge in [0.05, 0.1) is 17.8 Å². The van der Waals surface area contributed by atoms with Gasteiger partial charge in [-0.25, -0.2) is 0 Å². The highest BCUT2D eigenvalue weighted by Crippen LogP contribution is 2.30. The molecule has 0 unspecified atom stereocenters. The largest absolute Gasteiger partial charge is 0.497 e. The van der Waals surface area contributed by atoms with Gasteiger partial charge < -0.3 is 10.1 Å². The third-order valence-corrected chi connectivity index (χ3v) is 2.79. The normalized spacial score (nSPS) is 10.2. The molecule has 8 heteroatoms. The molecular weight excluding hydrogens is 298 g/mol. The maximum Gasteiger partial charge on any atom is 0.245 e. The monoisotopic (exact) mass is 304 g/mol. The first-order valence-corrected chi connectivity index (χ1v) is 5.90. The molecule has 0 fully saturated rings. The molecule has 0 radical (unpaired) electrons. The summed E-state index contributed by atoms with van der Waals surface area (Å²) < 4.78 is 5.10. The summed E-state index contributed by atoms with van der Waals surface area (Å²) in [5.74, 6) is 0.915. The van der Waals surface area contributed by atoms with Crippen molar-refractivity contribution in [1.82, 2.24) is 15.2 Å². The zero-order chi connectivity index (χ0) is 13.1. The number of nitrogens with zero attached hydrogens (tertiary/aromatic N) is 3. The highest BCUT2D eigenvalue weighted by Gasteiger charge is 2.09. The van der Waals surface area contributed by atoms with Crippen molar-refractivity contribution in [2.24, 2.45) is 0 Å². The van der Waals surface area contributed by atoms with Crippen molar-refractivity contribution in [2.75, 3.05) is 12.4 Å². The van der Waals surface area contributed by atoms with Crippen LogP contribution in [0.3, 0.4) is 0 Å². The second kappa shape index (κ2) is 5.56. The predicted molar refractivity (Wildman–Crippen MR) is 71.1 cm³/mol.